The van der Waals surface area contributed by atoms with Crippen molar-refractivity contribution in [2.45, 2.75) is 26.1 Å². The Kier molecular flexibility index (Phi) is 5.76. The zero-order valence-electron chi connectivity index (χ0n) is 15.6. The zero-order chi connectivity index (χ0) is 18.6. The molecular weight excluding hydrogens is 362 g/mol. The Morgan fingerprint density at radius 3 is 2.56 bits per heavy atom. The normalized spacial score (nSPS) is 18.8. The van der Waals surface area contributed by atoms with Gasteiger partial charge in [-0.15, -0.1) is 11.3 Å². The van der Waals surface area contributed by atoms with Crippen LogP contribution in [-0.4, -0.2) is 50.0 Å². The molecular formula is C21H25NO4S. The number of thiophene rings is 1. The van der Waals surface area contributed by atoms with E-state index in [1.165, 1.54) is 11.3 Å². The number of benzene rings is 1. The predicted molar refractivity (Wildman–Crippen MR) is 105 cm³/mol. The number of ether oxygens (including phenoxy) is 3. The molecule has 2 aromatic rings. The predicted octanol–water partition coefficient (Wildman–Crippen LogP) is 4.04. The van der Waals surface area contributed by atoms with Crippen LogP contribution in [0, 0.1) is 5.92 Å². The summed E-state index contributed by atoms with van der Waals surface area (Å²) in [5.41, 5.74) is 1.11. The molecule has 0 bridgehead atoms. The quantitative estimate of drug-likeness (QED) is 0.777. The molecule has 0 saturated carbocycles. The fourth-order valence-corrected chi connectivity index (χ4v) is 4.77. The molecule has 0 atom stereocenters. The molecule has 1 amide bonds. The minimum atomic E-state index is -0.0901. The lowest BCUT2D eigenvalue weighted by Crippen LogP contribution is -2.41. The van der Waals surface area contributed by atoms with Crippen molar-refractivity contribution in [2.75, 3.05) is 32.9 Å². The highest BCUT2D eigenvalue weighted by Gasteiger charge is 2.33. The van der Waals surface area contributed by atoms with Crippen LogP contribution in [0.25, 0.3) is 10.4 Å². The van der Waals surface area contributed by atoms with Crippen molar-refractivity contribution in [3.63, 3.8) is 0 Å². The summed E-state index contributed by atoms with van der Waals surface area (Å²) < 4.78 is 17.0. The van der Waals surface area contributed by atoms with Crippen molar-refractivity contribution in [1.82, 2.24) is 4.90 Å². The van der Waals surface area contributed by atoms with Crippen LogP contribution in [0.2, 0.25) is 0 Å². The first-order valence-corrected chi connectivity index (χ1v) is 10.4. The van der Waals surface area contributed by atoms with E-state index in [4.69, 9.17) is 14.2 Å². The summed E-state index contributed by atoms with van der Waals surface area (Å²) in [6.45, 7) is 5.32. The largest absolute Gasteiger partial charge is 0.492 e. The average molecular weight is 388 g/mol. The molecule has 1 aromatic heterocycles. The monoisotopic (exact) mass is 387 g/mol. The van der Waals surface area contributed by atoms with Crippen LogP contribution in [0.3, 0.4) is 0 Å². The van der Waals surface area contributed by atoms with Crippen LogP contribution in [0.15, 0.2) is 36.4 Å². The number of nitrogens with zero attached hydrogens (tertiary/aromatic N) is 1. The van der Waals surface area contributed by atoms with Crippen molar-refractivity contribution in [2.24, 2.45) is 5.92 Å². The van der Waals surface area contributed by atoms with Gasteiger partial charge in [-0.1, -0.05) is 30.3 Å². The second-order valence-electron chi connectivity index (χ2n) is 6.84. The zero-order valence-corrected chi connectivity index (χ0v) is 16.4. The van der Waals surface area contributed by atoms with Crippen LogP contribution in [0.4, 0.5) is 0 Å². The van der Waals surface area contributed by atoms with Gasteiger partial charge in [0.05, 0.1) is 19.8 Å². The van der Waals surface area contributed by atoms with E-state index < -0.39 is 0 Å². The number of piperidine rings is 1. The van der Waals surface area contributed by atoms with Crippen LogP contribution in [0.1, 0.15) is 29.4 Å². The van der Waals surface area contributed by atoms with E-state index in [1.54, 1.807) is 0 Å². The van der Waals surface area contributed by atoms with Crippen molar-refractivity contribution in [1.29, 1.82) is 0 Å². The Hall–Kier alpha value is -1.89. The fraction of sp³-hybridized carbons (Fsp3) is 0.476. The highest BCUT2D eigenvalue weighted by molar-refractivity contribution is 7.17. The molecule has 0 N–H and O–H groups in total. The molecule has 144 valence electrons. The maximum atomic E-state index is 13.2. The molecule has 0 aliphatic carbocycles. The second-order valence-corrected chi connectivity index (χ2v) is 7.89. The summed E-state index contributed by atoms with van der Waals surface area (Å²) in [7, 11) is 0. The first kappa shape index (κ1) is 18.5. The third-order valence-corrected chi connectivity index (χ3v) is 6.26. The fourth-order valence-electron chi connectivity index (χ4n) is 3.70. The van der Waals surface area contributed by atoms with Crippen molar-refractivity contribution >= 4 is 17.2 Å². The van der Waals surface area contributed by atoms with E-state index in [9.17, 15) is 4.79 Å². The second kappa shape index (κ2) is 8.42. The summed E-state index contributed by atoms with van der Waals surface area (Å²) in [4.78, 5) is 16.9. The van der Waals surface area contributed by atoms with E-state index in [2.05, 4.69) is 12.1 Å². The highest BCUT2D eigenvalue weighted by Crippen LogP contribution is 2.38. The molecule has 2 fully saturated rings. The number of amides is 1. The molecule has 4 rings (SSSR count). The number of hydrogen-bond donors (Lipinski definition) is 0. The lowest BCUT2D eigenvalue weighted by Gasteiger charge is -2.33. The average Bonchev–Trinajstić information content (AvgIpc) is 3.39. The van der Waals surface area contributed by atoms with E-state index in [0.717, 1.165) is 36.4 Å². The lowest BCUT2D eigenvalue weighted by atomic mass is 9.96. The van der Waals surface area contributed by atoms with E-state index in [1.807, 2.05) is 36.1 Å². The van der Waals surface area contributed by atoms with E-state index in [0.29, 0.717) is 36.4 Å². The van der Waals surface area contributed by atoms with Gasteiger partial charge in [0.1, 0.15) is 10.6 Å². The van der Waals surface area contributed by atoms with Gasteiger partial charge >= 0.3 is 0 Å². The standard InChI is InChI=1S/C21H25NO4S/c1-2-24-17-14-18(15-6-4-3-5-7-15)27-19(17)20(23)22-10-8-16(9-11-22)21-25-12-13-26-21/h3-7,14,16,21H,2,8-13H2,1H3. The molecule has 0 unspecified atom stereocenters. The molecule has 27 heavy (non-hydrogen) atoms. The molecule has 6 heteroatoms. The Morgan fingerprint density at radius 2 is 1.89 bits per heavy atom. The van der Waals surface area contributed by atoms with Crippen LogP contribution < -0.4 is 4.74 Å². The van der Waals surface area contributed by atoms with Gasteiger partial charge in [0, 0.05) is 23.9 Å². The smallest absolute Gasteiger partial charge is 0.267 e. The summed E-state index contributed by atoms with van der Waals surface area (Å²) in [6, 6.07) is 12.1. The third-order valence-electron chi connectivity index (χ3n) is 5.11. The molecule has 2 aliphatic rings. The number of likely N-dealkylation sites (tertiary alicyclic amines) is 1. The highest BCUT2D eigenvalue weighted by atomic mass is 32.1. The van der Waals surface area contributed by atoms with Gasteiger partial charge in [-0.3, -0.25) is 4.79 Å². The lowest BCUT2D eigenvalue weighted by molar-refractivity contribution is -0.0956. The Balaban J connectivity index is 1.48. The molecule has 3 heterocycles. The van der Waals surface area contributed by atoms with Gasteiger partial charge in [-0.25, -0.2) is 0 Å². The third kappa shape index (κ3) is 4.03. The SMILES string of the molecule is CCOc1cc(-c2ccccc2)sc1C(=O)N1CCC(C2OCCO2)CC1. The first-order valence-electron chi connectivity index (χ1n) is 9.60. The van der Waals surface area contributed by atoms with Crippen LogP contribution in [-0.2, 0) is 9.47 Å². The summed E-state index contributed by atoms with van der Waals surface area (Å²) >= 11 is 1.51. The maximum absolute atomic E-state index is 13.2. The van der Waals surface area contributed by atoms with Gasteiger partial charge in [0.25, 0.3) is 5.91 Å². The van der Waals surface area contributed by atoms with Crippen LogP contribution >= 0.6 is 11.3 Å². The molecule has 2 aliphatic heterocycles. The number of hydrogen-bond acceptors (Lipinski definition) is 5. The van der Waals surface area contributed by atoms with Gasteiger partial charge in [-0.2, -0.15) is 0 Å². The number of rotatable bonds is 5. The molecule has 0 spiro atoms. The van der Waals surface area contributed by atoms with Gasteiger partial charge < -0.3 is 19.1 Å². The molecule has 2 saturated heterocycles. The van der Waals surface area contributed by atoms with Gasteiger partial charge in [0.2, 0.25) is 0 Å². The Labute approximate surface area is 163 Å². The minimum absolute atomic E-state index is 0.0670. The Bertz CT molecular complexity index is 762. The first-order chi connectivity index (χ1) is 13.3. The van der Waals surface area contributed by atoms with Gasteiger partial charge in [0.15, 0.2) is 6.29 Å². The van der Waals surface area contributed by atoms with Crippen LogP contribution in [0.5, 0.6) is 5.75 Å². The molecule has 0 radical (unpaired) electrons. The topological polar surface area (TPSA) is 48.0 Å². The molecule has 5 nitrogen and oxygen atoms in total. The number of carbonyl (C=O) groups excluding carboxylic acids is 1. The van der Waals surface area contributed by atoms with E-state index >= 15 is 0 Å². The maximum Gasteiger partial charge on any atom is 0.267 e. The summed E-state index contributed by atoms with van der Waals surface area (Å²) in [5, 5.41) is 0. The van der Waals surface area contributed by atoms with E-state index in [-0.39, 0.29) is 12.2 Å². The summed E-state index contributed by atoms with van der Waals surface area (Å²) in [6.07, 6.45) is 1.74. The molecule has 1 aromatic carbocycles. The minimum Gasteiger partial charge on any atom is -0.492 e. The van der Waals surface area contributed by atoms with Crippen molar-refractivity contribution < 1.29 is 19.0 Å². The summed E-state index contributed by atoms with van der Waals surface area (Å²) in [5.74, 6) is 1.14. The van der Waals surface area contributed by atoms with Gasteiger partial charge in [-0.05, 0) is 31.4 Å². The van der Waals surface area contributed by atoms with Crippen molar-refractivity contribution in [3.8, 4) is 16.2 Å². The Morgan fingerprint density at radius 1 is 1.19 bits per heavy atom. The number of carbonyl (C=O) groups is 1. The van der Waals surface area contributed by atoms with Crippen molar-refractivity contribution in [3.05, 3.63) is 41.3 Å².